The molecule has 1 atom stereocenters. The van der Waals surface area contributed by atoms with Crippen molar-refractivity contribution in [3.05, 3.63) is 101 Å². The molecule has 0 saturated heterocycles. The third kappa shape index (κ3) is 6.11. The van der Waals surface area contributed by atoms with E-state index in [1.807, 2.05) is 67.6 Å². The third-order valence-electron chi connectivity index (χ3n) is 5.14. The van der Waals surface area contributed by atoms with Crippen LogP contribution in [0.2, 0.25) is 5.02 Å². The molecule has 1 amide bonds. The molecule has 3 aromatic rings. The molecular weight excluding hydrogens is 444 g/mol. The molecule has 168 valence electrons. The zero-order valence-corrected chi connectivity index (χ0v) is 19.8. The number of nitrogens with zero attached hydrogens (tertiary/aromatic N) is 2. The van der Waals surface area contributed by atoms with Crippen molar-refractivity contribution in [2.45, 2.75) is 32.5 Å². The molecule has 0 aliphatic heterocycles. The Morgan fingerprint density at radius 3 is 1.72 bits per heavy atom. The quantitative estimate of drug-likeness (QED) is 0.436. The van der Waals surface area contributed by atoms with Gasteiger partial charge in [0.2, 0.25) is 15.9 Å². The monoisotopic (exact) mass is 470 g/mol. The standard InChI is InChI=1S/C25H27ClN2O3S/c1-3-24(28(32(2,30)31)23-16-14-22(26)15-17-23)25(29)27(18-20-10-6-4-7-11-20)19-21-12-8-5-9-13-21/h4-17,24H,3,18-19H2,1-2H3/t24-/m0/s1. The van der Waals surface area contributed by atoms with Gasteiger partial charge in [-0.1, -0.05) is 79.2 Å². The molecular formula is C25H27ClN2O3S. The Kier molecular flexibility index (Phi) is 7.94. The highest BCUT2D eigenvalue weighted by molar-refractivity contribution is 7.92. The Bertz CT molecular complexity index is 1080. The van der Waals surface area contributed by atoms with Crippen LogP contribution in [-0.4, -0.2) is 31.5 Å². The molecule has 0 aliphatic carbocycles. The maximum absolute atomic E-state index is 13.8. The number of amides is 1. The van der Waals surface area contributed by atoms with E-state index < -0.39 is 16.1 Å². The molecule has 0 N–H and O–H groups in total. The summed E-state index contributed by atoms with van der Waals surface area (Å²) in [5, 5.41) is 0.497. The maximum atomic E-state index is 13.8. The van der Waals surface area contributed by atoms with Gasteiger partial charge in [-0.25, -0.2) is 8.42 Å². The summed E-state index contributed by atoms with van der Waals surface area (Å²) in [7, 11) is -3.72. The molecule has 0 aromatic heterocycles. The molecule has 0 radical (unpaired) electrons. The number of anilines is 1. The van der Waals surface area contributed by atoms with Crippen LogP contribution in [-0.2, 0) is 27.9 Å². The fourth-order valence-corrected chi connectivity index (χ4v) is 4.99. The lowest BCUT2D eigenvalue weighted by molar-refractivity contribution is -0.133. The van der Waals surface area contributed by atoms with Gasteiger partial charge in [-0.3, -0.25) is 9.10 Å². The number of carbonyl (C=O) groups excluding carboxylic acids is 1. The van der Waals surface area contributed by atoms with Crippen LogP contribution < -0.4 is 4.31 Å². The first-order valence-electron chi connectivity index (χ1n) is 10.4. The Morgan fingerprint density at radius 1 is 0.844 bits per heavy atom. The van der Waals surface area contributed by atoms with Crippen LogP contribution in [0.15, 0.2) is 84.9 Å². The van der Waals surface area contributed by atoms with Gasteiger partial charge in [-0.05, 0) is 41.8 Å². The summed E-state index contributed by atoms with van der Waals surface area (Å²) < 4.78 is 26.8. The van der Waals surface area contributed by atoms with Crippen molar-refractivity contribution >= 4 is 33.2 Å². The number of halogens is 1. The van der Waals surface area contributed by atoms with Crippen LogP contribution in [0, 0.1) is 0 Å². The minimum atomic E-state index is -3.72. The van der Waals surface area contributed by atoms with E-state index in [2.05, 4.69) is 0 Å². The van der Waals surface area contributed by atoms with Crippen molar-refractivity contribution in [2.75, 3.05) is 10.6 Å². The van der Waals surface area contributed by atoms with Crippen molar-refractivity contribution in [3.63, 3.8) is 0 Å². The van der Waals surface area contributed by atoms with Crippen LogP contribution in [0.1, 0.15) is 24.5 Å². The topological polar surface area (TPSA) is 57.7 Å². The van der Waals surface area contributed by atoms with E-state index in [9.17, 15) is 13.2 Å². The maximum Gasteiger partial charge on any atom is 0.247 e. The van der Waals surface area contributed by atoms with Crippen LogP contribution in [0.3, 0.4) is 0 Å². The van der Waals surface area contributed by atoms with Gasteiger partial charge < -0.3 is 4.90 Å². The van der Waals surface area contributed by atoms with E-state index in [1.54, 1.807) is 29.2 Å². The first-order chi connectivity index (χ1) is 15.3. The summed E-state index contributed by atoms with van der Waals surface area (Å²) in [6.07, 6.45) is 1.45. The lowest BCUT2D eigenvalue weighted by Crippen LogP contribution is -2.50. The Balaban J connectivity index is 1.99. The Morgan fingerprint density at radius 2 is 1.31 bits per heavy atom. The molecule has 5 nitrogen and oxygen atoms in total. The molecule has 3 aromatic carbocycles. The molecule has 0 bridgehead atoms. The van der Waals surface area contributed by atoms with E-state index in [-0.39, 0.29) is 5.91 Å². The van der Waals surface area contributed by atoms with E-state index in [0.717, 1.165) is 17.4 Å². The van der Waals surface area contributed by atoms with E-state index in [1.165, 1.54) is 4.31 Å². The molecule has 0 spiro atoms. The van der Waals surface area contributed by atoms with Crippen LogP contribution in [0.5, 0.6) is 0 Å². The highest BCUT2D eigenvalue weighted by Gasteiger charge is 2.34. The zero-order valence-electron chi connectivity index (χ0n) is 18.2. The summed E-state index contributed by atoms with van der Waals surface area (Å²) in [5.41, 5.74) is 2.37. The Labute approximate surface area is 195 Å². The van der Waals surface area contributed by atoms with Crippen molar-refractivity contribution in [2.24, 2.45) is 0 Å². The molecule has 7 heteroatoms. The second-order valence-corrected chi connectivity index (χ2v) is 9.92. The first kappa shape index (κ1) is 23.8. The van der Waals surface area contributed by atoms with E-state index in [4.69, 9.17) is 11.6 Å². The Hall–Kier alpha value is -2.83. The minimum Gasteiger partial charge on any atom is -0.332 e. The van der Waals surface area contributed by atoms with Crippen molar-refractivity contribution in [3.8, 4) is 0 Å². The van der Waals surface area contributed by atoms with E-state index >= 15 is 0 Å². The van der Waals surface area contributed by atoms with Crippen LogP contribution >= 0.6 is 11.6 Å². The normalized spacial score (nSPS) is 12.2. The molecule has 0 unspecified atom stereocenters. The number of sulfonamides is 1. The van der Waals surface area contributed by atoms with Gasteiger partial charge in [0.15, 0.2) is 0 Å². The van der Waals surface area contributed by atoms with Gasteiger partial charge in [-0.15, -0.1) is 0 Å². The van der Waals surface area contributed by atoms with Crippen molar-refractivity contribution in [1.82, 2.24) is 4.90 Å². The smallest absolute Gasteiger partial charge is 0.247 e. The predicted octanol–water partition coefficient (Wildman–Crippen LogP) is 5.11. The van der Waals surface area contributed by atoms with Crippen molar-refractivity contribution < 1.29 is 13.2 Å². The second-order valence-electron chi connectivity index (χ2n) is 7.62. The average Bonchev–Trinajstić information content (AvgIpc) is 2.78. The molecule has 3 rings (SSSR count). The number of carbonyl (C=O) groups is 1. The molecule has 32 heavy (non-hydrogen) atoms. The SMILES string of the molecule is CC[C@@H](C(=O)N(Cc1ccccc1)Cc1ccccc1)N(c1ccc(Cl)cc1)S(C)(=O)=O. The summed E-state index contributed by atoms with van der Waals surface area (Å²) in [5.74, 6) is -0.249. The van der Waals surface area contributed by atoms with E-state index in [0.29, 0.717) is 30.2 Å². The molecule has 0 aliphatic rings. The van der Waals surface area contributed by atoms with Gasteiger partial charge >= 0.3 is 0 Å². The lowest BCUT2D eigenvalue weighted by Gasteiger charge is -2.34. The molecule has 0 fully saturated rings. The number of rotatable bonds is 9. The first-order valence-corrected chi connectivity index (χ1v) is 12.6. The lowest BCUT2D eigenvalue weighted by atomic mass is 10.1. The predicted molar refractivity (Wildman–Crippen MR) is 130 cm³/mol. The molecule has 0 heterocycles. The highest BCUT2D eigenvalue weighted by Crippen LogP contribution is 2.26. The second kappa shape index (κ2) is 10.7. The van der Waals surface area contributed by atoms with Gasteiger partial charge in [0.25, 0.3) is 0 Å². The van der Waals surface area contributed by atoms with Crippen LogP contribution in [0.4, 0.5) is 5.69 Å². The summed E-state index contributed by atoms with van der Waals surface area (Å²) in [6.45, 7) is 2.58. The summed E-state index contributed by atoms with van der Waals surface area (Å²) in [4.78, 5) is 15.5. The fraction of sp³-hybridized carbons (Fsp3) is 0.240. The number of hydrogen-bond donors (Lipinski definition) is 0. The fourth-order valence-electron chi connectivity index (χ4n) is 3.66. The van der Waals surface area contributed by atoms with Gasteiger partial charge in [-0.2, -0.15) is 0 Å². The largest absolute Gasteiger partial charge is 0.332 e. The minimum absolute atomic E-state index is 0.249. The average molecular weight is 471 g/mol. The number of hydrogen-bond acceptors (Lipinski definition) is 3. The van der Waals surface area contributed by atoms with Gasteiger partial charge in [0, 0.05) is 18.1 Å². The van der Waals surface area contributed by atoms with Gasteiger partial charge in [0.05, 0.1) is 11.9 Å². The summed E-state index contributed by atoms with van der Waals surface area (Å²) >= 11 is 5.99. The van der Waals surface area contributed by atoms with Gasteiger partial charge in [0.1, 0.15) is 6.04 Å². The molecule has 0 saturated carbocycles. The zero-order chi connectivity index (χ0) is 23.1. The highest BCUT2D eigenvalue weighted by atomic mass is 35.5. The van der Waals surface area contributed by atoms with Crippen molar-refractivity contribution in [1.29, 1.82) is 0 Å². The van der Waals surface area contributed by atoms with Crippen LogP contribution in [0.25, 0.3) is 0 Å². The summed E-state index contributed by atoms with van der Waals surface area (Å²) in [6, 6.07) is 25.0. The number of benzene rings is 3. The third-order valence-corrected chi connectivity index (χ3v) is 6.57.